The van der Waals surface area contributed by atoms with Gasteiger partial charge in [-0.15, -0.1) is 0 Å². The van der Waals surface area contributed by atoms with E-state index in [-0.39, 0.29) is 12.1 Å². The van der Waals surface area contributed by atoms with Gasteiger partial charge in [-0.2, -0.15) is 5.10 Å². The maximum Gasteiger partial charge on any atom is 0.341 e. The number of carbonyl (C=O) groups excluding carboxylic acids is 1. The van der Waals surface area contributed by atoms with Crippen LogP contribution in [-0.4, -0.2) is 51.6 Å². The molecule has 0 spiro atoms. The summed E-state index contributed by atoms with van der Waals surface area (Å²) in [7, 11) is 1.82. The first-order valence-corrected chi connectivity index (χ1v) is 6.70. The minimum atomic E-state index is -0.330. The average Bonchev–Trinajstić information content (AvgIpc) is 2.72. The maximum atomic E-state index is 11.8. The zero-order chi connectivity index (χ0) is 13.8. The largest absolute Gasteiger partial charge is 0.462 e. The fraction of sp³-hybridized carbons (Fsp3) is 0.692. The monoisotopic (exact) mass is 267 g/mol. The number of aromatic nitrogens is 2. The molecule has 1 unspecified atom stereocenters. The highest BCUT2D eigenvalue weighted by Crippen LogP contribution is 2.16. The van der Waals surface area contributed by atoms with Crippen molar-refractivity contribution in [1.82, 2.24) is 14.7 Å². The number of β-amino-alcohol motifs (C(OH)–C–C–N with tert-alkyl or cyclic N) is 1. The number of rotatable bonds is 4. The molecule has 1 aliphatic rings. The van der Waals surface area contributed by atoms with Gasteiger partial charge in [-0.3, -0.25) is 9.58 Å². The third kappa shape index (κ3) is 3.33. The number of carbonyl (C=O) groups is 1. The summed E-state index contributed by atoms with van der Waals surface area (Å²) in [5.74, 6) is -0.330. The maximum absolute atomic E-state index is 11.8. The summed E-state index contributed by atoms with van der Waals surface area (Å²) in [5.41, 5.74) is 1.36. The second-order valence-corrected chi connectivity index (χ2v) is 4.88. The summed E-state index contributed by atoms with van der Waals surface area (Å²) in [6.45, 7) is 4.34. The van der Waals surface area contributed by atoms with Gasteiger partial charge in [0, 0.05) is 20.1 Å². The first-order chi connectivity index (χ1) is 9.11. The Morgan fingerprint density at radius 3 is 3.11 bits per heavy atom. The highest BCUT2D eigenvalue weighted by atomic mass is 16.5. The first-order valence-electron chi connectivity index (χ1n) is 6.70. The third-order valence-corrected chi connectivity index (χ3v) is 3.41. The van der Waals surface area contributed by atoms with Crippen LogP contribution >= 0.6 is 0 Å². The summed E-state index contributed by atoms with van der Waals surface area (Å²) in [5, 5.41) is 13.8. The zero-order valence-electron chi connectivity index (χ0n) is 11.5. The van der Waals surface area contributed by atoms with Crippen molar-refractivity contribution in [2.75, 3.05) is 19.7 Å². The number of aliphatic hydroxyl groups is 1. The van der Waals surface area contributed by atoms with Crippen molar-refractivity contribution in [3.05, 3.63) is 17.5 Å². The molecular weight excluding hydrogens is 246 g/mol. The van der Waals surface area contributed by atoms with E-state index in [2.05, 4.69) is 10.00 Å². The van der Waals surface area contributed by atoms with Crippen LogP contribution in [0.1, 0.15) is 35.8 Å². The van der Waals surface area contributed by atoms with E-state index in [4.69, 9.17) is 4.74 Å². The Morgan fingerprint density at radius 2 is 2.42 bits per heavy atom. The summed E-state index contributed by atoms with van der Waals surface area (Å²) in [6, 6.07) is 0. The third-order valence-electron chi connectivity index (χ3n) is 3.41. The van der Waals surface area contributed by atoms with Gasteiger partial charge in [0.1, 0.15) is 5.56 Å². The SMILES string of the molecule is CCOC(=O)c1cnn(C)c1CN1CCCC(O)C1. The zero-order valence-corrected chi connectivity index (χ0v) is 11.5. The number of hydrogen-bond acceptors (Lipinski definition) is 5. The van der Waals surface area contributed by atoms with Crippen LogP contribution in [0.2, 0.25) is 0 Å². The van der Waals surface area contributed by atoms with Crippen LogP contribution in [0.15, 0.2) is 6.20 Å². The quantitative estimate of drug-likeness (QED) is 0.807. The second-order valence-electron chi connectivity index (χ2n) is 4.88. The number of aryl methyl sites for hydroxylation is 1. The molecule has 1 saturated heterocycles. The van der Waals surface area contributed by atoms with Crippen molar-refractivity contribution < 1.29 is 14.6 Å². The van der Waals surface area contributed by atoms with Gasteiger partial charge in [0.05, 0.1) is 24.6 Å². The van der Waals surface area contributed by atoms with Crippen LogP contribution < -0.4 is 0 Å². The Kier molecular flexibility index (Phi) is 4.55. The molecule has 1 fully saturated rings. The highest BCUT2D eigenvalue weighted by molar-refractivity contribution is 5.90. The minimum Gasteiger partial charge on any atom is -0.462 e. The van der Waals surface area contributed by atoms with Crippen LogP contribution in [-0.2, 0) is 18.3 Å². The van der Waals surface area contributed by atoms with E-state index in [0.717, 1.165) is 25.1 Å². The Morgan fingerprint density at radius 1 is 1.63 bits per heavy atom. The van der Waals surface area contributed by atoms with E-state index in [1.54, 1.807) is 17.8 Å². The van der Waals surface area contributed by atoms with Gasteiger partial charge in [0.15, 0.2) is 0 Å². The summed E-state index contributed by atoms with van der Waals surface area (Å²) in [6.07, 6.45) is 3.11. The van der Waals surface area contributed by atoms with Crippen molar-refractivity contribution >= 4 is 5.97 Å². The molecule has 0 aromatic carbocycles. The minimum absolute atomic E-state index is 0.270. The molecule has 1 N–H and O–H groups in total. The predicted octanol–water partition coefficient (Wildman–Crippen LogP) is 0.554. The van der Waals surface area contributed by atoms with Crippen molar-refractivity contribution in [1.29, 1.82) is 0 Å². The molecule has 0 radical (unpaired) electrons. The normalized spacial score (nSPS) is 20.5. The molecule has 106 valence electrons. The smallest absolute Gasteiger partial charge is 0.341 e. The van der Waals surface area contributed by atoms with Crippen LogP contribution in [0.4, 0.5) is 0 Å². The molecule has 2 heterocycles. The lowest BCUT2D eigenvalue weighted by Gasteiger charge is -2.30. The number of nitrogens with zero attached hydrogens (tertiary/aromatic N) is 3. The van der Waals surface area contributed by atoms with Gasteiger partial charge in [0.2, 0.25) is 0 Å². The molecule has 2 rings (SSSR count). The van der Waals surface area contributed by atoms with Gasteiger partial charge in [-0.05, 0) is 26.3 Å². The fourth-order valence-electron chi connectivity index (χ4n) is 2.42. The van der Waals surface area contributed by atoms with Gasteiger partial charge in [-0.25, -0.2) is 4.79 Å². The van der Waals surface area contributed by atoms with E-state index in [0.29, 0.717) is 25.3 Å². The number of aliphatic hydroxyl groups excluding tert-OH is 1. The Hall–Kier alpha value is -1.40. The average molecular weight is 267 g/mol. The number of esters is 1. The Bertz CT molecular complexity index is 444. The van der Waals surface area contributed by atoms with Crippen molar-refractivity contribution in [2.24, 2.45) is 7.05 Å². The molecule has 1 aromatic heterocycles. The fourth-order valence-corrected chi connectivity index (χ4v) is 2.42. The molecule has 1 atom stereocenters. The Balaban J connectivity index is 2.10. The Labute approximate surface area is 113 Å². The molecule has 0 saturated carbocycles. The van der Waals surface area contributed by atoms with Crippen LogP contribution in [0.25, 0.3) is 0 Å². The topological polar surface area (TPSA) is 67.6 Å². The van der Waals surface area contributed by atoms with Gasteiger partial charge in [0.25, 0.3) is 0 Å². The molecule has 6 nitrogen and oxygen atoms in total. The standard InChI is InChI=1S/C13H21N3O3/c1-3-19-13(18)11-7-14-15(2)12(11)9-16-6-4-5-10(17)8-16/h7,10,17H,3-6,8-9H2,1-2H3. The number of ether oxygens (including phenoxy) is 1. The summed E-state index contributed by atoms with van der Waals surface area (Å²) in [4.78, 5) is 14.0. The van der Waals surface area contributed by atoms with Crippen LogP contribution in [0.5, 0.6) is 0 Å². The van der Waals surface area contributed by atoms with Gasteiger partial charge < -0.3 is 9.84 Å². The number of hydrogen-bond donors (Lipinski definition) is 1. The molecule has 1 aliphatic heterocycles. The summed E-state index contributed by atoms with van der Waals surface area (Å²) < 4.78 is 6.73. The van der Waals surface area contributed by atoms with Gasteiger partial charge >= 0.3 is 5.97 Å². The van der Waals surface area contributed by atoms with E-state index in [1.165, 1.54) is 0 Å². The summed E-state index contributed by atoms with van der Waals surface area (Å²) >= 11 is 0. The second kappa shape index (κ2) is 6.16. The highest BCUT2D eigenvalue weighted by Gasteiger charge is 2.23. The molecular formula is C13H21N3O3. The molecule has 19 heavy (non-hydrogen) atoms. The first kappa shape index (κ1) is 14.0. The lowest BCUT2D eigenvalue weighted by molar-refractivity contribution is 0.0517. The predicted molar refractivity (Wildman–Crippen MR) is 69.7 cm³/mol. The molecule has 0 aliphatic carbocycles. The number of likely N-dealkylation sites (tertiary alicyclic amines) is 1. The number of piperidine rings is 1. The molecule has 0 bridgehead atoms. The van der Waals surface area contributed by atoms with Gasteiger partial charge in [-0.1, -0.05) is 0 Å². The lowest BCUT2D eigenvalue weighted by Crippen LogP contribution is -2.38. The van der Waals surface area contributed by atoms with E-state index in [1.807, 2.05) is 7.05 Å². The lowest BCUT2D eigenvalue weighted by atomic mass is 10.1. The van der Waals surface area contributed by atoms with Crippen molar-refractivity contribution in [2.45, 2.75) is 32.4 Å². The molecule has 0 amide bonds. The molecule has 6 heteroatoms. The van der Waals surface area contributed by atoms with E-state index in [9.17, 15) is 9.90 Å². The van der Waals surface area contributed by atoms with Crippen LogP contribution in [0, 0.1) is 0 Å². The van der Waals surface area contributed by atoms with Crippen molar-refractivity contribution in [3.8, 4) is 0 Å². The molecule has 1 aromatic rings. The van der Waals surface area contributed by atoms with Crippen molar-refractivity contribution in [3.63, 3.8) is 0 Å². The van der Waals surface area contributed by atoms with E-state index >= 15 is 0 Å². The van der Waals surface area contributed by atoms with E-state index < -0.39 is 0 Å². The van der Waals surface area contributed by atoms with Crippen LogP contribution in [0.3, 0.4) is 0 Å².